The monoisotopic (exact) mass is 495 g/mol. The van der Waals surface area contributed by atoms with Crippen LogP contribution in [0.1, 0.15) is 62.3 Å². The first kappa shape index (κ1) is 26.0. The van der Waals surface area contributed by atoms with Crippen LogP contribution in [0, 0.1) is 0 Å². The third-order valence-electron chi connectivity index (χ3n) is 6.22. The molecule has 0 bridgehead atoms. The van der Waals surface area contributed by atoms with E-state index in [0.717, 1.165) is 37.1 Å². The Kier molecular flexibility index (Phi) is 8.12. The van der Waals surface area contributed by atoms with Crippen LogP contribution in [0.5, 0.6) is 5.75 Å². The minimum Gasteiger partial charge on any atom is -0.496 e. The molecule has 1 heterocycles. The predicted molar refractivity (Wildman–Crippen MR) is 134 cm³/mol. The van der Waals surface area contributed by atoms with Crippen molar-refractivity contribution < 1.29 is 28.2 Å². The Balaban J connectivity index is 2.26. The molecule has 3 rings (SSSR count). The van der Waals surface area contributed by atoms with Crippen LogP contribution < -0.4 is 10.1 Å². The van der Waals surface area contributed by atoms with Gasteiger partial charge < -0.3 is 14.5 Å². The van der Waals surface area contributed by atoms with Gasteiger partial charge in [-0.2, -0.15) is 10.6 Å². The van der Waals surface area contributed by atoms with E-state index >= 15 is 0 Å². The fraction of sp³-hybridized carbons (Fsp3) is 0.417. The van der Waals surface area contributed by atoms with Crippen molar-refractivity contribution in [2.75, 3.05) is 12.9 Å². The Morgan fingerprint density at radius 2 is 1.91 bits per heavy atom. The first-order valence-corrected chi connectivity index (χ1v) is 14.5. The van der Waals surface area contributed by atoms with Crippen molar-refractivity contribution >= 4 is 24.3 Å². The Labute approximate surface area is 197 Å². The maximum atomic E-state index is 11.4. The smallest absolute Gasteiger partial charge is 0.349 e. The topological polar surface area (TPSA) is 119 Å². The van der Waals surface area contributed by atoms with Crippen molar-refractivity contribution in [1.29, 1.82) is 0 Å². The number of unbranched alkanes of at least 4 members (excludes halogenated alkanes) is 1. The highest BCUT2D eigenvalue weighted by molar-refractivity contribution is 8.24. The molecular formula is C24H34NO6PS. The maximum absolute atomic E-state index is 11.4. The Morgan fingerprint density at radius 1 is 1.21 bits per heavy atom. The molecule has 2 aromatic rings. The first-order valence-electron chi connectivity index (χ1n) is 11.1. The predicted octanol–water partition coefficient (Wildman–Crippen LogP) is 5.98. The quantitative estimate of drug-likeness (QED) is 0.286. The molecule has 9 heteroatoms. The Bertz CT molecular complexity index is 1040. The van der Waals surface area contributed by atoms with Gasteiger partial charge in [-0.05, 0) is 36.6 Å². The second kappa shape index (κ2) is 10.3. The fourth-order valence-corrected chi connectivity index (χ4v) is 7.00. The molecule has 0 aliphatic carbocycles. The van der Waals surface area contributed by atoms with Crippen LogP contribution in [0.25, 0.3) is 6.08 Å². The largest absolute Gasteiger partial charge is 0.496 e. The van der Waals surface area contributed by atoms with Crippen molar-refractivity contribution in [3.63, 3.8) is 0 Å². The molecule has 0 saturated heterocycles. The molecule has 2 atom stereocenters. The second-order valence-electron chi connectivity index (χ2n) is 8.57. The molecule has 1 aliphatic rings. The highest BCUT2D eigenvalue weighted by Crippen LogP contribution is 2.58. The molecule has 0 fully saturated rings. The third-order valence-corrected chi connectivity index (χ3v) is 8.77. The Hall–Kier alpha value is -1.64. The lowest BCUT2D eigenvalue weighted by Crippen LogP contribution is -2.49. The molecule has 0 unspecified atom stereocenters. The van der Waals surface area contributed by atoms with Crippen molar-refractivity contribution in [3.8, 4) is 5.75 Å². The van der Waals surface area contributed by atoms with Crippen molar-refractivity contribution in [1.82, 2.24) is 5.32 Å². The summed E-state index contributed by atoms with van der Waals surface area (Å²) in [7, 11) is -6.13. The van der Waals surface area contributed by atoms with E-state index in [2.05, 4.69) is 19.2 Å². The maximum Gasteiger partial charge on any atom is 0.349 e. The van der Waals surface area contributed by atoms with Crippen LogP contribution in [0.3, 0.4) is 0 Å². The molecule has 0 radical (unpaired) electrons. The molecule has 1 aliphatic heterocycles. The molecular weight excluding hydrogens is 461 g/mol. The zero-order chi connectivity index (χ0) is 24.3. The van der Waals surface area contributed by atoms with Gasteiger partial charge in [0.05, 0.1) is 23.8 Å². The lowest BCUT2D eigenvalue weighted by atomic mass is 9.88. The Morgan fingerprint density at radius 3 is 2.48 bits per heavy atom. The van der Waals surface area contributed by atoms with Gasteiger partial charge in [-0.3, -0.25) is 19.0 Å². The average Bonchev–Trinajstić information content (AvgIpc) is 2.88. The summed E-state index contributed by atoms with van der Waals surface area (Å²) < 4.78 is 39.8. The normalized spacial score (nSPS) is 23.7. The molecule has 5 N–H and O–H groups in total. The molecule has 0 amide bonds. The summed E-state index contributed by atoms with van der Waals surface area (Å²) in [6.45, 7) is 4.18. The highest BCUT2D eigenvalue weighted by Gasteiger charge is 2.42. The van der Waals surface area contributed by atoms with E-state index in [0.29, 0.717) is 21.8 Å². The summed E-state index contributed by atoms with van der Waals surface area (Å²) in [5.41, 5.74) is 1.58. The average molecular weight is 496 g/mol. The van der Waals surface area contributed by atoms with Gasteiger partial charge >= 0.3 is 7.60 Å². The van der Waals surface area contributed by atoms with E-state index in [9.17, 15) is 23.5 Å². The van der Waals surface area contributed by atoms with Gasteiger partial charge in [-0.25, -0.2) is 0 Å². The number of ether oxygens (including phenoxy) is 1. The number of benzene rings is 2. The van der Waals surface area contributed by atoms with Gasteiger partial charge in [0.25, 0.3) is 0 Å². The summed E-state index contributed by atoms with van der Waals surface area (Å²) >= 11 is 0. The summed E-state index contributed by atoms with van der Waals surface area (Å²) in [5, 5.41) is 3.77. The van der Waals surface area contributed by atoms with Gasteiger partial charge in [0, 0.05) is 22.5 Å². The van der Waals surface area contributed by atoms with E-state index < -0.39 is 23.7 Å². The van der Waals surface area contributed by atoms with E-state index in [-0.39, 0.29) is 11.8 Å². The van der Waals surface area contributed by atoms with Crippen LogP contribution in [-0.2, 0) is 4.57 Å². The van der Waals surface area contributed by atoms with Crippen LogP contribution in [-0.4, -0.2) is 37.3 Å². The second-order valence-corrected chi connectivity index (χ2v) is 12.1. The van der Waals surface area contributed by atoms with Crippen LogP contribution in [0.2, 0.25) is 0 Å². The number of methoxy groups -OCH3 is 1. The van der Waals surface area contributed by atoms with Gasteiger partial charge in [0.15, 0.2) is 0 Å². The number of rotatable bonds is 8. The van der Waals surface area contributed by atoms with Gasteiger partial charge in [0.1, 0.15) is 5.75 Å². The molecule has 7 nitrogen and oxygen atoms in total. The molecule has 0 saturated carbocycles. The lowest BCUT2D eigenvalue weighted by molar-refractivity contribution is 0.290. The molecule has 33 heavy (non-hydrogen) atoms. The zero-order valence-corrected chi connectivity index (χ0v) is 21.0. The van der Waals surface area contributed by atoms with Crippen LogP contribution in [0.15, 0.2) is 53.2 Å². The van der Waals surface area contributed by atoms with Gasteiger partial charge in [0.2, 0.25) is 0 Å². The van der Waals surface area contributed by atoms with Crippen molar-refractivity contribution in [2.45, 2.75) is 56.0 Å². The van der Waals surface area contributed by atoms with E-state index in [4.69, 9.17) is 4.74 Å². The van der Waals surface area contributed by atoms with E-state index in [1.807, 2.05) is 30.3 Å². The van der Waals surface area contributed by atoms with Crippen molar-refractivity contribution in [2.24, 2.45) is 0 Å². The minimum atomic E-state index is -4.40. The zero-order valence-electron chi connectivity index (χ0n) is 19.3. The summed E-state index contributed by atoms with van der Waals surface area (Å²) in [6.07, 6.45) is 4.75. The van der Waals surface area contributed by atoms with Crippen LogP contribution in [0.4, 0.5) is 0 Å². The first-order chi connectivity index (χ1) is 15.5. The molecule has 2 aromatic carbocycles. The standard InChI is InChI=1S/C24H34NO6PS/c1-4-6-13-24(5-2)17-33(29,30)22-15-19(12-14-32(26,27)28)21(31-3)16-20(22)23(25-24)18-10-8-7-9-11-18/h7-12,14-16,23,25,29-30H,4-6,13,17H2,1-3H3,(H2,26,27,28)/b14-12+/t23-,24-/m1/s1. The highest BCUT2D eigenvalue weighted by atomic mass is 32.3. The van der Waals surface area contributed by atoms with Crippen LogP contribution >= 0.6 is 18.2 Å². The minimum absolute atomic E-state index is 0.167. The molecule has 0 aromatic heterocycles. The van der Waals surface area contributed by atoms with Gasteiger partial charge in [-0.15, -0.1) is 0 Å². The fourth-order valence-electron chi connectivity index (χ4n) is 4.42. The number of nitrogens with one attached hydrogen (secondary N) is 1. The number of hydrogen-bond acceptors (Lipinski definition) is 5. The number of hydrogen-bond donors (Lipinski definition) is 5. The number of fused-ring (bicyclic) bond motifs is 1. The third kappa shape index (κ3) is 6.08. The van der Waals surface area contributed by atoms with E-state index in [1.54, 1.807) is 12.1 Å². The summed E-state index contributed by atoms with van der Waals surface area (Å²) in [4.78, 5) is 18.9. The summed E-state index contributed by atoms with van der Waals surface area (Å²) in [5.74, 6) is 1.36. The van der Waals surface area contributed by atoms with Crippen molar-refractivity contribution in [3.05, 3.63) is 65.0 Å². The molecule has 182 valence electrons. The molecule has 0 spiro atoms. The summed E-state index contributed by atoms with van der Waals surface area (Å²) in [6, 6.07) is 12.9. The van der Waals surface area contributed by atoms with E-state index in [1.165, 1.54) is 13.2 Å². The SMILES string of the molecule is CCCC[C@]1(CC)CS(O)(O)c2cc(/C=C/P(=O)(O)O)c(OC)cc2[C@@H](c2ccccc2)N1. The lowest BCUT2D eigenvalue weighted by Gasteiger charge is -2.42. The van der Waals surface area contributed by atoms with Gasteiger partial charge in [-0.1, -0.05) is 57.0 Å².